The van der Waals surface area contributed by atoms with Crippen molar-refractivity contribution in [3.63, 3.8) is 0 Å². The monoisotopic (exact) mass is 425 g/mol. The Balaban J connectivity index is 1.77. The van der Waals surface area contributed by atoms with Crippen molar-refractivity contribution in [3.05, 3.63) is 58.7 Å². The van der Waals surface area contributed by atoms with E-state index < -0.39 is 6.04 Å². The van der Waals surface area contributed by atoms with Crippen molar-refractivity contribution in [2.75, 3.05) is 19.8 Å². The number of phenolic OH excluding ortho intramolecular Hbond substituents is 1. The molecule has 0 aliphatic carbocycles. The number of nitrogens with one attached hydrogen (secondary N) is 2. The molecule has 2 saturated heterocycles. The smallest absolute Gasteiger partial charge is 0.242 e. The number of benzene rings is 2. The zero-order valence-electron chi connectivity index (χ0n) is 18.3. The maximum absolute atomic E-state index is 13.2. The number of rotatable bonds is 7. The van der Waals surface area contributed by atoms with Gasteiger partial charge in [-0.25, -0.2) is 10.9 Å². The molecule has 2 heterocycles. The number of hydrogen-bond acceptors (Lipinski definition) is 6. The van der Waals surface area contributed by atoms with Gasteiger partial charge in [-0.2, -0.15) is 0 Å². The van der Waals surface area contributed by atoms with Gasteiger partial charge in [0.1, 0.15) is 17.5 Å². The molecule has 2 aliphatic rings. The minimum Gasteiger partial charge on any atom is -0.508 e. The van der Waals surface area contributed by atoms with Crippen LogP contribution in [-0.2, 0) is 4.79 Å². The summed E-state index contributed by atoms with van der Waals surface area (Å²) in [5.41, 5.74) is 10.1. The van der Waals surface area contributed by atoms with Crippen molar-refractivity contribution in [3.8, 4) is 11.5 Å². The summed E-state index contributed by atoms with van der Waals surface area (Å²) in [6.07, 6.45) is 0.912. The Bertz CT molecular complexity index is 941. The van der Waals surface area contributed by atoms with Gasteiger partial charge < -0.3 is 19.8 Å². The number of amides is 1. The molecule has 4 rings (SSSR count). The van der Waals surface area contributed by atoms with Crippen LogP contribution in [0.1, 0.15) is 47.7 Å². The van der Waals surface area contributed by atoms with Crippen molar-refractivity contribution in [2.24, 2.45) is 5.92 Å². The number of likely N-dealkylation sites (tertiary alicyclic amines) is 1. The van der Waals surface area contributed by atoms with Gasteiger partial charge in [0.2, 0.25) is 5.91 Å². The maximum Gasteiger partial charge on any atom is 0.242 e. The number of phenols is 1. The van der Waals surface area contributed by atoms with Crippen molar-refractivity contribution < 1.29 is 19.7 Å². The third-order valence-electron chi connectivity index (χ3n) is 6.25. The Kier molecular flexibility index (Phi) is 6.18. The lowest BCUT2D eigenvalue weighted by Gasteiger charge is -2.32. The molecule has 166 valence electrons. The van der Waals surface area contributed by atoms with Crippen LogP contribution in [0.2, 0.25) is 0 Å². The van der Waals surface area contributed by atoms with Crippen LogP contribution in [0.4, 0.5) is 0 Å². The van der Waals surface area contributed by atoms with Gasteiger partial charge in [-0.1, -0.05) is 25.1 Å². The molecular weight excluding hydrogens is 394 g/mol. The van der Waals surface area contributed by atoms with Gasteiger partial charge in [-0.05, 0) is 55.2 Å². The van der Waals surface area contributed by atoms with Crippen molar-refractivity contribution >= 4 is 5.91 Å². The fourth-order valence-corrected chi connectivity index (χ4v) is 5.07. The lowest BCUT2D eigenvalue weighted by Crippen LogP contribution is -2.42. The van der Waals surface area contributed by atoms with Crippen LogP contribution in [0.15, 0.2) is 36.4 Å². The number of nitrogens with zero attached hydrogens (tertiary/aromatic N) is 1. The van der Waals surface area contributed by atoms with Crippen LogP contribution in [-0.4, -0.2) is 46.8 Å². The quantitative estimate of drug-likeness (QED) is 0.545. The number of carbonyl (C=O) groups excluding carboxylic acids is 1. The average molecular weight is 426 g/mol. The van der Waals surface area contributed by atoms with Gasteiger partial charge in [0, 0.05) is 18.0 Å². The fraction of sp³-hybridized carbons (Fsp3) is 0.458. The summed E-state index contributed by atoms with van der Waals surface area (Å²) >= 11 is 0. The van der Waals surface area contributed by atoms with Crippen LogP contribution in [0.3, 0.4) is 0 Å². The van der Waals surface area contributed by atoms with Crippen LogP contribution >= 0.6 is 0 Å². The van der Waals surface area contributed by atoms with Gasteiger partial charge in [-0.15, -0.1) is 0 Å². The van der Waals surface area contributed by atoms with Crippen LogP contribution in [0.5, 0.6) is 11.5 Å². The molecule has 1 amide bonds. The number of ether oxygens (including phenoxy) is 1. The first-order valence-electron chi connectivity index (χ1n) is 10.9. The average Bonchev–Trinajstić information content (AvgIpc) is 3.26. The van der Waals surface area contributed by atoms with Crippen LogP contribution in [0.25, 0.3) is 0 Å². The van der Waals surface area contributed by atoms with E-state index in [1.807, 2.05) is 44.2 Å². The summed E-state index contributed by atoms with van der Waals surface area (Å²) in [5.74, 6) is 0.782. The van der Waals surface area contributed by atoms with Gasteiger partial charge >= 0.3 is 0 Å². The first kappa shape index (κ1) is 21.6. The topological polar surface area (TPSA) is 94.1 Å². The number of β-amino-alcohol motifs (C(OH)–C–C–N with tert-alkyl or cyclic N) is 1. The van der Waals surface area contributed by atoms with E-state index in [9.17, 15) is 15.0 Å². The third kappa shape index (κ3) is 3.89. The number of aromatic hydroxyl groups is 1. The SMILES string of the molecule is CCCOc1cccc(C2C3C(NNC3c3c(C)cc(C)cc3O)C(=O)N2CCO)c1. The van der Waals surface area contributed by atoms with Gasteiger partial charge in [0.15, 0.2) is 0 Å². The predicted octanol–water partition coefficient (Wildman–Crippen LogP) is 2.51. The van der Waals surface area contributed by atoms with Gasteiger partial charge in [-0.3, -0.25) is 4.79 Å². The lowest BCUT2D eigenvalue weighted by atomic mass is 9.81. The molecule has 31 heavy (non-hydrogen) atoms. The summed E-state index contributed by atoms with van der Waals surface area (Å²) in [6.45, 7) is 6.76. The highest BCUT2D eigenvalue weighted by Gasteiger charge is 2.55. The normalized spacial score (nSPS) is 25.2. The molecular formula is C24H31N3O4. The Morgan fingerprint density at radius 1 is 1.13 bits per heavy atom. The largest absolute Gasteiger partial charge is 0.508 e. The summed E-state index contributed by atoms with van der Waals surface area (Å²) in [7, 11) is 0. The minimum atomic E-state index is -0.443. The molecule has 0 spiro atoms. The van der Waals surface area contributed by atoms with E-state index in [-0.39, 0.29) is 42.8 Å². The summed E-state index contributed by atoms with van der Waals surface area (Å²) in [4.78, 5) is 15.0. The highest BCUT2D eigenvalue weighted by Crippen LogP contribution is 2.49. The fourth-order valence-electron chi connectivity index (χ4n) is 5.07. The third-order valence-corrected chi connectivity index (χ3v) is 6.25. The second-order valence-electron chi connectivity index (χ2n) is 8.46. The number of aliphatic hydroxyl groups is 1. The van der Waals surface area contributed by atoms with Crippen molar-refractivity contribution in [1.29, 1.82) is 0 Å². The number of hydrazine groups is 1. The van der Waals surface area contributed by atoms with E-state index in [0.29, 0.717) is 6.61 Å². The maximum atomic E-state index is 13.2. The Labute approximate surface area is 183 Å². The van der Waals surface area contributed by atoms with Crippen LogP contribution < -0.4 is 15.6 Å². The highest BCUT2D eigenvalue weighted by atomic mass is 16.5. The molecule has 0 radical (unpaired) electrons. The number of fused-ring (bicyclic) bond motifs is 1. The van der Waals surface area contributed by atoms with Crippen LogP contribution in [0, 0.1) is 19.8 Å². The van der Waals surface area contributed by atoms with E-state index >= 15 is 0 Å². The number of aliphatic hydroxyl groups excluding tert-OH is 1. The molecule has 4 N–H and O–H groups in total. The minimum absolute atomic E-state index is 0.0526. The van der Waals surface area contributed by atoms with E-state index in [1.54, 1.807) is 11.0 Å². The molecule has 2 aliphatic heterocycles. The Morgan fingerprint density at radius 2 is 1.90 bits per heavy atom. The second kappa shape index (κ2) is 8.86. The molecule has 0 bridgehead atoms. The zero-order chi connectivity index (χ0) is 22.1. The van der Waals surface area contributed by atoms with E-state index in [0.717, 1.165) is 34.4 Å². The molecule has 4 unspecified atom stereocenters. The molecule has 2 aromatic rings. The lowest BCUT2D eigenvalue weighted by molar-refractivity contribution is -0.131. The number of aryl methyl sites for hydroxylation is 2. The Hall–Kier alpha value is -2.61. The molecule has 2 fully saturated rings. The molecule has 0 saturated carbocycles. The van der Waals surface area contributed by atoms with E-state index in [1.165, 1.54) is 0 Å². The molecule has 2 aromatic carbocycles. The van der Waals surface area contributed by atoms with E-state index in [4.69, 9.17) is 4.74 Å². The van der Waals surface area contributed by atoms with Crippen molar-refractivity contribution in [1.82, 2.24) is 15.8 Å². The highest BCUT2D eigenvalue weighted by molar-refractivity contribution is 5.86. The standard InChI is InChI=1S/C24H31N3O4/c1-4-10-31-17-7-5-6-16(13-17)23-20-21(19-15(3)11-14(2)12-18(19)29)25-26-22(20)24(30)27(23)8-9-28/h5-7,11-13,20-23,25-26,28-29H,4,8-10H2,1-3H3. The first-order chi connectivity index (χ1) is 15.0. The summed E-state index contributed by atoms with van der Waals surface area (Å²) in [5, 5.41) is 20.4. The molecule has 7 heteroatoms. The van der Waals surface area contributed by atoms with Gasteiger partial charge in [0.25, 0.3) is 0 Å². The Morgan fingerprint density at radius 3 is 2.61 bits per heavy atom. The second-order valence-corrected chi connectivity index (χ2v) is 8.46. The first-order valence-corrected chi connectivity index (χ1v) is 10.9. The summed E-state index contributed by atoms with van der Waals surface area (Å²) in [6, 6.07) is 10.7. The number of hydrogen-bond donors (Lipinski definition) is 4. The molecule has 4 atom stereocenters. The zero-order valence-corrected chi connectivity index (χ0v) is 18.3. The van der Waals surface area contributed by atoms with E-state index in [2.05, 4.69) is 17.8 Å². The summed E-state index contributed by atoms with van der Waals surface area (Å²) < 4.78 is 5.83. The molecule has 7 nitrogen and oxygen atoms in total. The van der Waals surface area contributed by atoms with Crippen molar-refractivity contribution in [2.45, 2.75) is 45.3 Å². The molecule has 0 aromatic heterocycles. The predicted molar refractivity (Wildman–Crippen MR) is 118 cm³/mol. The van der Waals surface area contributed by atoms with Gasteiger partial charge in [0.05, 0.1) is 25.3 Å². The number of carbonyl (C=O) groups is 1.